The van der Waals surface area contributed by atoms with Crippen LogP contribution in [0, 0.1) is 0 Å². The number of nitrogens with zero attached hydrogens (tertiary/aromatic N) is 2. The van der Waals surface area contributed by atoms with E-state index in [9.17, 15) is 15.3 Å². The highest BCUT2D eigenvalue weighted by atomic mass is 16.7. The van der Waals surface area contributed by atoms with E-state index < -0.39 is 6.29 Å². The van der Waals surface area contributed by atoms with Gasteiger partial charge >= 0.3 is 0 Å². The van der Waals surface area contributed by atoms with E-state index in [1.807, 2.05) is 91.0 Å². The molecule has 12 heteroatoms. The van der Waals surface area contributed by atoms with Gasteiger partial charge in [-0.3, -0.25) is 0 Å². The van der Waals surface area contributed by atoms with Crippen LogP contribution in [0.2, 0.25) is 0 Å². The van der Waals surface area contributed by atoms with Gasteiger partial charge in [0.15, 0.2) is 12.0 Å². The molecule has 0 spiro atoms. The third kappa shape index (κ3) is 7.78. The number of aromatic nitrogens is 4. The lowest BCUT2D eigenvalue weighted by Crippen LogP contribution is -2.20. The molecule has 0 amide bonds. The SMILES string of the molecule is Oc1cccc(-c2c3nc(c(-c4cccc(O)c4)c4ccc([nH]4)c(-c4cccc(O)c4)c4nc(c(OCC5COC(c6ccc(OCC7CO7)cc6)O5)c5ccc2[nH]5)C=C4)C=C3)c1. The Morgan fingerprint density at radius 1 is 0.508 bits per heavy atom. The van der Waals surface area contributed by atoms with Gasteiger partial charge in [-0.25, -0.2) is 9.97 Å². The molecule has 3 unspecified atom stereocenters. The lowest BCUT2D eigenvalue weighted by atomic mass is 10.0. The number of fused-ring (bicyclic) bond motifs is 8. The van der Waals surface area contributed by atoms with Crippen LogP contribution in [0.4, 0.5) is 0 Å². The van der Waals surface area contributed by atoms with Crippen molar-refractivity contribution in [3.8, 4) is 62.1 Å². The summed E-state index contributed by atoms with van der Waals surface area (Å²) in [6.07, 6.45) is 6.97. The largest absolute Gasteiger partial charge is 0.508 e. The van der Waals surface area contributed by atoms with Crippen LogP contribution in [0.25, 0.3) is 79.8 Å². The summed E-state index contributed by atoms with van der Waals surface area (Å²) in [6, 6.07) is 36.8. The van der Waals surface area contributed by atoms with Gasteiger partial charge in [-0.2, -0.15) is 0 Å². The average molecular weight is 837 g/mol. The molecule has 2 saturated heterocycles. The Balaban J connectivity index is 1.07. The Kier molecular flexibility index (Phi) is 9.72. The maximum atomic E-state index is 10.7. The fraction of sp³-hybridized carbons (Fsp3) is 0.137. The van der Waals surface area contributed by atoms with Gasteiger partial charge in [0.1, 0.15) is 54.1 Å². The molecule has 0 saturated carbocycles. The van der Waals surface area contributed by atoms with Crippen molar-refractivity contribution < 1.29 is 39.0 Å². The summed E-state index contributed by atoms with van der Waals surface area (Å²) >= 11 is 0. The van der Waals surface area contributed by atoms with Crippen molar-refractivity contribution in [2.45, 2.75) is 18.5 Å². The van der Waals surface area contributed by atoms with Crippen molar-refractivity contribution in [3.05, 3.63) is 150 Å². The fourth-order valence-corrected chi connectivity index (χ4v) is 8.19. The zero-order valence-corrected chi connectivity index (χ0v) is 33.7. The summed E-state index contributed by atoms with van der Waals surface area (Å²) in [5, 5.41) is 32.0. The zero-order valence-electron chi connectivity index (χ0n) is 33.7. The van der Waals surface area contributed by atoms with Gasteiger partial charge in [0.2, 0.25) is 0 Å². The number of benzene rings is 4. The molecule has 312 valence electrons. The van der Waals surface area contributed by atoms with E-state index >= 15 is 0 Å². The van der Waals surface area contributed by atoms with Gasteiger partial charge in [0.25, 0.3) is 0 Å². The summed E-state index contributed by atoms with van der Waals surface area (Å²) in [7, 11) is 0. The minimum absolute atomic E-state index is 0.115. The van der Waals surface area contributed by atoms with Crippen molar-refractivity contribution in [3.63, 3.8) is 0 Å². The average Bonchev–Trinajstić information content (AvgIpc) is 3.91. The first kappa shape index (κ1) is 38.3. The van der Waals surface area contributed by atoms with Crippen molar-refractivity contribution in [2.75, 3.05) is 26.4 Å². The maximum Gasteiger partial charge on any atom is 0.184 e. The molecule has 4 aliphatic rings. The zero-order chi connectivity index (χ0) is 42.4. The van der Waals surface area contributed by atoms with Crippen LogP contribution in [-0.4, -0.2) is 73.9 Å². The van der Waals surface area contributed by atoms with Crippen molar-refractivity contribution in [2.24, 2.45) is 0 Å². The predicted molar refractivity (Wildman–Crippen MR) is 241 cm³/mol. The first-order valence-corrected chi connectivity index (χ1v) is 20.7. The minimum Gasteiger partial charge on any atom is -0.508 e. The standard InChI is InChI=1S/C51H40N4O8/c56-33-7-1-4-30(22-33)47-39-14-16-41(52-39)48(31-5-2-8-34(57)23-31)43-18-20-45(54-43)50(61-27-38-28-62-51(63-38)29-10-12-36(13-11-29)59-25-37-26-60-37)46-21-19-44(55-46)49(42-17-15-40(47)53-42)32-6-3-9-35(58)24-32/h1-24,37-38,51-52,55-58H,25-28H2. The van der Waals surface area contributed by atoms with Gasteiger partial charge < -0.3 is 49.0 Å². The lowest BCUT2D eigenvalue weighted by molar-refractivity contribution is -0.0658. The number of hydrogen-bond acceptors (Lipinski definition) is 10. The highest BCUT2D eigenvalue weighted by molar-refractivity contribution is 5.98. The van der Waals surface area contributed by atoms with Crippen molar-refractivity contribution in [1.82, 2.24) is 19.9 Å². The van der Waals surface area contributed by atoms with Gasteiger partial charge in [0, 0.05) is 38.8 Å². The molecule has 0 aliphatic carbocycles. The lowest BCUT2D eigenvalue weighted by Gasteiger charge is -2.14. The second-order valence-electron chi connectivity index (χ2n) is 15.7. The third-order valence-corrected chi connectivity index (χ3v) is 11.3. The topological polar surface area (TPSA) is 168 Å². The first-order chi connectivity index (χ1) is 30.9. The van der Waals surface area contributed by atoms with Gasteiger partial charge in [-0.05, 0) is 114 Å². The highest BCUT2D eigenvalue weighted by Crippen LogP contribution is 2.40. The minimum atomic E-state index is -0.570. The molecular formula is C51H40N4O8. The number of phenolic OH excluding ortho intramolecular Hbond substituents is 3. The Morgan fingerprint density at radius 3 is 1.49 bits per heavy atom. The quantitative estimate of drug-likeness (QED) is 0.0837. The highest BCUT2D eigenvalue weighted by Gasteiger charge is 2.29. The monoisotopic (exact) mass is 836 g/mol. The molecular weight excluding hydrogens is 797 g/mol. The normalized spacial score (nSPS) is 17.6. The number of hydrogen-bond donors (Lipinski definition) is 5. The van der Waals surface area contributed by atoms with E-state index in [-0.39, 0.29) is 36.1 Å². The van der Waals surface area contributed by atoms with E-state index in [2.05, 4.69) is 9.97 Å². The van der Waals surface area contributed by atoms with Crippen molar-refractivity contribution >= 4 is 46.4 Å². The maximum absolute atomic E-state index is 10.7. The van der Waals surface area contributed by atoms with E-state index in [0.717, 1.165) is 67.9 Å². The second kappa shape index (κ2) is 16.0. The van der Waals surface area contributed by atoms with Crippen LogP contribution in [0.3, 0.4) is 0 Å². The molecule has 5 N–H and O–H groups in total. The summed E-state index contributed by atoms with van der Waals surface area (Å²) in [4.78, 5) is 17.7. The Bertz CT molecular complexity index is 3090. The van der Waals surface area contributed by atoms with Crippen LogP contribution in [0.1, 0.15) is 34.6 Å². The van der Waals surface area contributed by atoms with Crippen LogP contribution < -0.4 is 9.47 Å². The number of aromatic hydroxyl groups is 3. The molecule has 2 fully saturated rings. The number of epoxide rings is 1. The van der Waals surface area contributed by atoms with Gasteiger partial charge in [-0.15, -0.1) is 0 Å². The smallest absolute Gasteiger partial charge is 0.184 e. The molecule has 3 aromatic heterocycles. The second-order valence-corrected chi connectivity index (χ2v) is 15.7. The summed E-state index contributed by atoms with van der Waals surface area (Å²) in [6.45, 7) is 1.75. The molecule has 3 atom stereocenters. The molecule has 63 heavy (non-hydrogen) atoms. The van der Waals surface area contributed by atoms with Crippen LogP contribution in [0.5, 0.6) is 28.7 Å². The fourth-order valence-electron chi connectivity index (χ4n) is 8.19. The molecule has 7 heterocycles. The summed E-state index contributed by atoms with van der Waals surface area (Å²) in [5.74, 6) is 1.59. The van der Waals surface area contributed by atoms with Crippen LogP contribution in [-0.2, 0) is 14.2 Å². The van der Waals surface area contributed by atoms with Crippen molar-refractivity contribution in [1.29, 1.82) is 0 Å². The van der Waals surface area contributed by atoms with Crippen LogP contribution >= 0.6 is 0 Å². The molecule has 4 aliphatic heterocycles. The van der Waals surface area contributed by atoms with E-state index in [0.29, 0.717) is 47.3 Å². The molecule has 4 aromatic carbocycles. The summed E-state index contributed by atoms with van der Waals surface area (Å²) in [5.41, 5.74) is 10.8. The number of phenols is 3. The first-order valence-electron chi connectivity index (χ1n) is 20.7. The van der Waals surface area contributed by atoms with Gasteiger partial charge in [0.05, 0.1) is 35.8 Å². The molecule has 0 radical (unpaired) electrons. The Morgan fingerprint density at radius 2 is 0.968 bits per heavy atom. The third-order valence-electron chi connectivity index (χ3n) is 11.3. The van der Waals surface area contributed by atoms with Crippen LogP contribution in [0.15, 0.2) is 121 Å². The van der Waals surface area contributed by atoms with E-state index in [4.69, 9.17) is 33.7 Å². The van der Waals surface area contributed by atoms with E-state index in [1.54, 1.807) is 54.6 Å². The number of nitrogens with one attached hydrogen (secondary N) is 2. The number of H-pyrrole nitrogens is 2. The number of ether oxygens (including phenoxy) is 5. The molecule has 12 nitrogen and oxygen atoms in total. The predicted octanol–water partition coefficient (Wildman–Crippen LogP) is 10.0. The van der Waals surface area contributed by atoms with Gasteiger partial charge in [-0.1, -0.05) is 48.5 Å². The number of aromatic amines is 2. The Hall–Kier alpha value is -7.64. The van der Waals surface area contributed by atoms with E-state index in [1.165, 1.54) is 0 Å². The Labute approximate surface area is 361 Å². The molecule has 11 rings (SSSR count). The molecule has 8 bridgehead atoms. The molecule has 7 aromatic rings. The summed E-state index contributed by atoms with van der Waals surface area (Å²) < 4.78 is 30.3. The number of rotatable bonds is 10.